The summed E-state index contributed by atoms with van der Waals surface area (Å²) in [5.74, 6) is -0.196. The van der Waals surface area contributed by atoms with Crippen molar-refractivity contribution in [3.63, 3.8) is 0 Å². The zero-order chi connectivity index (χ0) is 13.3. The topological polar surface area (TPSA) is 72.8 Å². The lowest BCUT2D eigenvalue weighted by molar-refractivity contribution is -0.130. The van der Waals surface area contributed by atoms with Gasteiger partial charge in [0.1, 0.15) is 0 Å². The van der Waals surface area contributed by atoms with Crippen LogP contribution in [0.15, 0.2) is 39.9 Å². The van der Waals surface area contributed by atoms with Crippen LogP contribution < -0.4 is 0 Å². The molecule has 1 aliphatic heterocycles. The molecule has 0 spiro atoms. The predicted molar refractivity (Wildman–Crippen MR) is 66.7 cm³/mol. The highest BCUT2D eigenvalue weighted by molar-refractivity contribution is 7.90. The number of hydrogen-bond donors (Lipinski definition) is 0. The van der Waals surface area contributed by atoms with Crippen molar-refractivity contribution >= 4 is 27.8 Å². The van der Waals surface area contributed by atoms with E-state index in [2.05, 4.69) is 4.99 Å². The average molecular weight is 265 g/mol. The fourth-order valence-corrected chi connectivity index (χ4v) is 2.12. The van der Waals surface area contributed by atoms with Crippen LogP contribution in [0.25, 0.3) is 6.08 Å². The number of esters is 1. The van der Waals surface area contributed by atoms with Gasteiger partial charge in [-0.1, -0.05) is 12.1 Å². The molecule has 0 N–H and O–H groups in total. The van der Waals surface area contributed by atoms with Crippen molar-refractivity contribution in [2.45, 2.75) is 11.8 Å². The van der Waals surface area contributed by atoms with Crippen molar-refractivity contribution in [1.29, 1.82) is 0 Å². The third kappa shape index (κ3) is 2.65. The monoisotopic (exact) mass is 265 g/mol. The van der Waals surface area contributed by atoms with Gasteiger partial charge >= 0.3 is 5.97 Å². The zero-order valence-electron chi connectivity index (χ0n) is 9.88. The Morgan fingerprint density at radius 1 is 1.22 bits per heavy atom. The van der Waals surface area contributed by atoms with Crippen molar-refractivity contribution in [3.05, 3.63) is 35.5 Å². The second kappa shape index (κ2) is 4.38. The Balaban J connectivity index is 2.32. The first-order valence-electron chi connectivity index (χ1n) is 5.15. The van der Waals surface area contributed by atoms with Gasteiger partial charge in [0.05, 0.1) is 4.90 Å². The van der Waals surface area contributed by atoms with Crippen molar-refractivity contribution in [2.24, 2.45) is 4.99 Å². The Labute approximate surface area is 105 Å². The van der Waals surface area contributed by atoms with Crippen LogP contribution in [0.3, 0.4) is 0 Å². The number of benzene rings is 1. The molecule has 0 bridgehead atoms. The SMILES string of the molecule is CC1=NC(=Cc2ccc(S(C)(=O)=O)cc2)C(=O)O1. The molecule has 18 heavy (non-hydrogen) atoms. The standard InChI is InChI=1S/C12H11NO4S/c1-8-13-11(12(14)17-8)7-9-3-5-10(6-4-9)18(2,15)16/h3-7H,1-2H3. The first kappa shape index (κ1) is 12.5. The van der Waals surface area contributed by atoms with Crippen LogP contribution in [-0.2, 0) is 19.4 Å². The summed E-state index contributed by atoms with van der Waals surface area (Å²) in [7, 11) is -3.21. The number of aliphatic imine (C=N–C) groups is 1. The fourth-order valence-electron chi connectivity index (χ4n) is 1.48. The van der Waals surface area contributed by atoms with E-state index < -0.39 is 15.8 Å². The summed E-state index contributed by atoms with van der Waals surface area (Å²) in [6.45, 7) is 1.59. The van der Waals surface area contributed by atoms with Gasteiger partial charge in [-0.25, -0.2) is 18.2 Å². The largest absolute Gasteiger partial charge is 0.407 e. The van der Waals surface area contributed by atoms with Gasteiger partial charge in [0.25, 0.3) is 0 Å². The summed E-state index contributed by atoms with van der Waals surface area (Å²) in [5, 5.41) is 0. The van der Waals surface area contributed by atoms with Crippen molar-refractivity contribution in [3.8, 4) is 0 Å². The highest BCUT2D eigenvalue weighted by Gasteiger charge is 2.19. The fraction of sp³-hybridized carbons (Fsp3) is 0.167. The highest BCUT2D eigenvalue weighted by Crippen LogP contribution is 2.17. The molecule has 5 nitrogen and oxygen atoms in total. The van der Waals surface area contributed by atoms with E-state index in [0.29, 0.717) is 11.5 Å². The normalized spacial score (nSPS) is 17.8. The summed E-state index contributed by atoms with van der Waals surface area (Å²) >= 11 is 0. The molecule has 0 aromatic heterocycles. The molecule has 0 fully saturated rings. The quantitative estimate of drug-likeness (QED) is 0.598. The lowest BCUT2D eigenvalue weighted by atomic mass is 10.2. The maximum Gasteiger partial charge on any atom is 0.363 e. The van der Waals surface area contributed by atoms with Gasteiger partial charge in [-0.15, -0.1) is 0 Å². The summed E-state index contributed by atoms with van der Waals surface area (Å²) in [6, 6.07) is 6.19. The molecule has 0 saturated carbocycles. The smallest absolute Gasteiger partial charge is 0.363 e. The van der Waals surface area contributed by atoms with E-state index in [1.54, 1.807) is 25.1 Å². The van der Waals surface area contributed by atoms with E-state index in [0.717, 1.165) is 6.26 Å². The first-order valence-corrected chi connectivity index (χ1v) is 7.05. The minimum absolute atomic E-state index is 0.208. The molecule has 0 amide bonds. The van der Waals surface area contributed by atoms with E-state index in [4.69, 9.17) is 4.74 Å². The second-order valence-corrected chi connectivity index (χ2v) is 5.91. The number of carbonyl (C=O) groups is 1. The molecule has 0 aliphatic carbocycles. The van der Waals surface area contributed by atoms with Gasteiger partial charge in [0.15, 0.2) is 21.4 Å². The van der Waals surface area contributed by atoms with Crippen LogP contribution in [0.1, 0.15) is 12.5 Å². The molecule has 2 rings (SSSR count). The lowest BCUT2D eigenvalue weighted by Gasteiger charge is -1.98. The van der Waals surface area contributed by atoms with Crippen LogP contribution in [0.4, 0.5) is 0 Å². The van der Waals surface area contributed by atoms with Gasteiger partial charge in [-0.2, -0.15) is 0 Å². The highest BCUT2D eigenvalue weighted by atomic mass is 32.2. The predicted octanol–water partition coefficient (Wildman–Crippen LogP) is 1.41. The zero-order valence-corrected chi connectivity index (χ0v) is 10.7. The molecule has 0 radical (unpaired) electrons. The van der Waals surface area contributed by atoms with Gasteiger partial charge < -0.3 is 4.74 Å². The van der Waals surface area contributed by atoms with E-state index in [1.165, 1.54) is 12.1 Å². The van der Waals surface area contributed by atoms with Crippen LogP contribution in [0.2, 0.25) is 0 Å². The Morgan fingerprint density at radius 3 is 2.28 bits per heavy atom. The van der Waals surface area contributed by atoms with Gasteiger partial charge in [0.2, 0.25) is 0 Å². The Bertz CT molecular complexity index is 654. The Hall–Kier alpha value is -1.95. The molecule has 0 atom stereocenters. The van der Waals surface area contributed by atoms with Crippen molar-refractivity contribution < 1.29 is 17.9 Å². The van der Waals surface area contributed by atoms with E-state index in [9.17, 15) is 13.2 Å². The minimum Gasteiger partial charge on any atom is -0.407 e. The third-order valence-corrected chi connectivity index (χ3v) is 3.47. The third-order valence-electron chi connectivity index (χ3n) is 2.34. The molecule has 0 saturated heterocycles. The molecular weight excluding hydrogens is 254 g/mol. The van der Waals surface area contributed by atoms with E-state index >= 15 is 0 Å². The van der Waals surface area contributed by atoms with Crippen LogP contribution in [-0.4, -0.2) is 26.5 Å². The maximum atomic E-state index is 11.3. The van der Waals surface area contributed by atoms with E-state index in [-0.39, 0.29) is 10.6 Å². The molecular formula is C12H11NO4S. The van der Waals surface area contributed by atoms with Crippen molar-refractivity contribution in [1.82, 2.24) is 0 Å². The molecule has 0 unspecified atom stereocenters. The maximum absolute atomic E-state index is 11.3. The molecule has 1 heterocycles. The minimum atomic E-state index is -3.21. The average Bonchev–Trinajstić information content (AvgIpc) is 2.57. The number of rotatable bonds is 2. The Morgan fingerprint density at radius 2 is 1.83 bits per heavy atom. The number of carbonyl (C=O) groups excluding carboxylic acids is 1. The van der Waals surface area contributed by atoms with Crippen LogP contribution >= 0.6 is 0 Å². The number of sulfone groups is 1. The summed E-state index contributed by atoms with van der Waals surface area (Å²) in [6.07, 6.45) is 2.69. The molecule has 1 aliphatic rings. The summed E-state index contributed by atoms with van der Waals surface area (Å²) < 4.78 is 27.3. The van der Waals surface area contributed by atoms with Crippen LogP contribution in [0, 0.1) is 0 Å². The molecule has 6 heteroatoms. The number of nitrogens with zero attached hydrogens (tertiary/aromatic N) is 1. The Kier molecular flexibility index (Phi) is 3.04. The van der Waals surface area contributed by atoms with Gasteiger partial charge in [-0.05, 0) is 23.8 Å². The molecule has 1 aromatic carbocycles. The number of ether oxygens (including phenoxy) is 1. The summed E-state index contributed by atoms with van der Waals surface area (Å²) in [4.78, 5) is 15.5. The number of hydrogen-bond acceptors (Lipinski definition) is 5. The second-order valence-electron chi connectivity index (χ2n) is 3.89. The van der Waals surface area contributed by atoms with Gasteiger partial charge in [-0.3, -0.25) is 0 Å². The van der Waals surface area contributed by atoms with Crippen LogP contribution in [0.5, 0.6) is 0 Å². The lowest BCUT2D eigenvalue weighted by Crippen LogP contribution is -2.00. The summed E-state index contributed by atoms with van der Waals surface area (Å²) in [5.41, 5.74) is 0.896. The first-order chi connectivity index (χ1) is 8.36. The molecule has 94 valence electrons. The molecule has 1 aromatic rings. The van der Waals surface area contributed by atoms with E-state index in [1.807, 2.05) is 0 Å². The number of cyclic esters (lactones) is 1. The van der Waals surface area contributed by atoms with Gasteiger partial charge in [0, 0.05) is 13.2 Å². The van der Waals surface area contributed by atoms with Crippen molar-refractivity contribution in [2.75, 3.05) is 6.26 Å².